The average Bonchev–Trinajstić information content (AvgIpc) is 3.11. The molecule has 0 bridgehead atoms. The summed E-state index contributed by atoms with van der Waals surface area (Å²) in [5.74, 6) is 0.488. The average molecular weight is 308 g/mol. The van der Waals surface area contributed by atoms with Crippen LogP contribution in [0.4, 0.5) is 0 Å². The number of hydrogen-bond acceptors (Lipinski definition) is 4. The number of methoxy groups -OCH3 is 1. The van der Waals surface area contributed by atoms with Crippen molar-refractivity contribution < 1.29 is 9.53 Å². The van der Waals surface area contributed by atoms with Crippen LogP contribution in [-0.2, 0) is 6.54 Å². The maximum Gasteiger partial charge on any atom is 0.273 e. The molecule has 2 aromatic carbocycles. The number of rotatable bonds is 5. The summed E-state index contributed by atoms with van der Waals surface area (Å²) in [4.78, 5) is 13.6. The Morgan fingerprint density at radius 3 is 2.78 bits per heavy atom. The second kappa shape index (κ2) is 6.74. The van der Waals surface area contributed by atoms with Gasteiger partial charge in [-0.1, -0.05) is 30.3 Å². The van der Waals surface area contributed by atoms with Crippen molar-refractivity contribution in [1.29, 1.82) is 0 Å². The maximum atomic E-state index is 12.2. The van der Waals surface area contributed by atoms with Crippen LogP contribution in [0.1, 0.15) is 16.1 Å². The molecule has 0 unspecified atom stereocenters. The molecular weight excluding hydrogens is 292 g/mol. The minimum Gasteiger partial charge on any atom is -0.497 e. The second-order valence-corrected chi connectivity index (χ2v) is 4.89. The van der Waals surface area contributed by atoms with Crippen LogP contribution in [0.3, 0.4) is 0 Å². The predicted octanol–water partition coefficient (Wildman–Crippen LogP) is 2.21. The Morgan fingerprint density at radius 2 is 2.00 bits per heavy atom. The summed E-state index contributed by atoms with van der Waals surface area (Å²) in [5.41, 5.74) is 2.03. The topological polar surface area (TPSA) is 69.0 Å². The van der Waals surface area contributed by atoms with Crippen molar-refractivity contribution in [3.05, 3.63) is 72.1 Å². The summed E-state index contributed by atoms with van der Waals surface area (Å²) in [6.45, 7) is 0.397. The molecule has 0 aliphatic rings. The fourth-order valence-corrected chi connectivity index (χ4v) is 2.11. The summed E-state index contributed by atoms with van der Waals surface area (Å²) in [7, 11) is 1.61. The number of carbonyl (C=O) groups excluding carboxylic acids is 1. The number of para-hydroxylation sites is 1. The molecule has 0 aliphatic carbocycles. The van der Waals surface area contributed by atoms with Gasteiger partial charge in [-0.3, -0.25) is 4.79 Å². The first kappa shape index (κ1) is 14.8. The van der Waals surface area contributed by atoms with E-state index in [1.807, 2.05) is 54.6 Å². The molecule has 0 spiro atoms. The number of hydrogen-bond donors (Lipinski definition) is 1. The molecule has 6 heteroatoms. The van der Waals surface area contributed by atoms with Gasteiger partial charge in [-0.05, 0) is 29.8 Å². The first-order valence-electron chi connectivity index (χ1n) is 7.15. The van der Waals surface area contributed by atoms with E-state index in [0.717, 1.165) is 17.0 Å². The zero-order chi connectivity index (χ0) is 16.1. The normalized spacial score (nSPS) is 10.3. The van der Waals surface area contributed by atoms with E-state index in [1.54, 1.807) is 7.11 Å². The van der Waals surface area contributed by atoms with Crippen LogP contribution < -0.4 is 10.1 Å². The number of aromatic nitrogens is 3. The summed E-state index contributed by atoms with van der Waals surface area (Å²) in [5, 5.41) is 11.1. The van der Waals surface area contributed by atoms with Gasteiger partial charge >= 0.3 is 0 Å². The Balaban J connectivity index is 1.66. The number of benzene rings is 2. The first-order chi connectivity index (χ1) is 11.3. The van der Waals surface area contributed by atoms with Gasteiger partial charge in [0.05, 0.1) is 19.0 Å². The minimum atomic E-state index is -0.269. The molecule has 1 aromatic heterocycles. The third-order valence-electron chi connectivity index (χ3n) is 3.30. The second-order valence-electron chi connectivity index (χ2n) is 4.89. The van der Waals surface area contributed by atoms with Gasteiger partial charge in [0.15, 0.2) is 5.69 Å². The Morgan fingerprint density at radius 1 is 1.17 bits per heavy atom. The molecule has 3 aromatic rings. The molecule has 116 valence electrons. The van der Waals surface area contributed by atoms with Crippen LogP contribution in [0.25, 0.3) is 5.69 Å². The van der Waals surface area contributed by atoms with Crippen LogP contribution in [0.2, 0.25) is 0 Å². The number of nitrogens with one attached hydrogen (secondary N) is 1. The summed E-state index contributed by atoms with van der Waals surface area (Å²) in [6.07, 6.45) is 1.45. The number of ether oxygens (including phenoxy) is 1. The quantitative estimate of drug-likeness (QED) is 0.784. The van der Waals surface area contributed by atoms with E-state index in [-0.39, 0.29) is 11.6 Å². The smallest absolute Gasteiger partial charge is 0.273 e. The van der Waals surface area contributed by atoms with E-state index in [1.165, 1.54) is 11.0 Å². The Hall–Kier alpha value is -3.15. The molecule has 0 atom stereocenters. The highest BCUT2D eigenvalue weighted by Gasteiger charge is 2.11. The fraction of sp³-hybridized carbons (Fsp3) is 0.118. The zero-order valence-electron chi connectivity index (χ0n) is 12.6. The van der Waals surface area contributed by atoms with Crippen LogP contribution in [0, 0.1) is 0 Å². The van der Waals surface area contributed by atoms with Crippen molar-refractivity contribution in [3.8, 4) is 11.4 Å². The Labute approximate surface area is 133 Å². The van der Waals surface area contributed by atoms with Crippen molar-refractivity contribution >= 4 is 5.91 Å². The van der Waals surface area contributed by atoms with Gasteiger partial charge in [-0.15, -0.1) is 5.10 Å². The van der Waals surface area contributed by atoms with E-state index in [2.05, 4.69) is 15.5 Å². The molecule has 0 saturated carbocycles. The third kappa shape index (κ3) is 3.55. The van der Waals surface area contributed by atoms with Gasteiger partial charge in [-0.25, -0.2) is 0 Å². The highest BCUT2D eigenvalue weighted by atomic mass is 16.5. The predicted molar refractivity (Wildman–Crippen MR) is 85.5 cm³/mol. The Bertz CT molecular complexity index is 799. The molecule has 1 heterocycles. The summed E-state index contributed by atoms with van der Waals surface area (Å²) >= 11 is 0. The van der Waals surface area contributed by atoms with Gasteiger partial charge in [0.1, 0.15) is 5.75 Å². The van der Waals surface area contributed by atoms with Gasteiger partial charge in [0.25, 0.3) is 5.91 Å². The standard InChI is InChI=1S/C17H16N4O2/c1-23-15-9-5-6-13(10-15)11-18-17(22)16-12-19-21(20-16)14-7-3-2-4-8-14/h2-10,12H,11H2,1H3,(H,18,22). The largest absolute Gasteiger partial charge is 0.497 e. The summed E-state index contributed by atoms with van der Waals surface area (Å²) in [6, 6.07) is 17.0. The van der Waals surface area contributed by atoms with Gasteiger partial charge < -0.3 is 10.1 Å². The molecule has 1 N–H and O–H groups in total. The van der Waals surface area contributed by atoms with Crippen LogP contribution in [-0.4, -0.2) is 28.0 Å². The van der Waals surface area contributed by atoms with Gasteiger partial charge in [0.2, 0.25) is 0 Å². The van der Waals surface area contributed by atoms with Crippen molar-refractivity contribution in [1.82, 2.24) is 20.3 Å². The van der Waals surface area contributed by atoms with Crippen molar-refractivity contribution in [2.45, 2.75) is 6.54 Å². The molecule has 0 aliphatic heterocycles. The summed E-state index contributed by atoms with van der Waals surface area (Å²) < 4.78 is 5.16. The lowest BCUT2D eigenvalue weighted by atomic mass is 10.2. The molecule has 3 rings (SSSR count). The van der Waals surface area contributed by atoms with E-state index in [4.69, 9.17) is 4.74 Å². The molecule has 6 nitrogen and oxygen atoms in total. The lowest BCUT2D eigenvalue weighted by Gasteiger charge is -2.05. The molecule has 0 saturated heterocycles. The van der Waals surface area contributed by atoms with E-state index in [9.17, 15) is 4.79 Å². The number of carbonyl (C=O) groups is 1. The third-order valence-corrected chi connectivity index (χ3v) is 3.30. The van der Waals surface area contributed by atoms with Crippen molar-refractivity contribution in [2.24, 2.45) is 0 Å². The molecule has 23 heavy (non-hydrogen) atoms. The molecule has 1 amide bonds. The van der Waals surface area contributed by atoms with Gasteiger partial charge in [-0.2, -0.15) is 9.90 Å². The van der Waals surface area contributed by atoms with Crippen molar-refractivity contribution in [2.75, 3.05) is 7.11 Å². The zero-order valence-corrected chi connectivity index (χ0v) is 12.6. The molecule has 0 fully saturated rings. The first-order valence-corrected chi connectivity index (χ1v) is 7.15. The Kier molecular flexibility index (Phi) is 4.33. The minimum absolute atomic E-state index is 0.269. The van der Waals surface area contributed by atoms with E-state index in [0.29, 0.717) is 6.54 Å². The van der Waals surface area contributed by atoms with Crippen LogP contribution in [0.5, 0.6) is 5.75 Å². The maximum absolute atomic E-state index is 12.2. The lowest BCUT2D eigenvalue weighted by Crippen LogP contribution is -2.23. The van der Waals surface area contributed by atoms with Gasteiger partial charge in [0, 0.05) is 6.54 Å². The fourth-order valence-electron chi connectivity index (χ4n) is 2.11. The van der Waals surface area contributed by atoms with Crippen LogP contribution >= 0.6 is 0 Å². The van der Waals surface area contributed by atoms with E-state index >= 15 is 0 Å². The van der Waals surface area contributed by atoms with Crippen molar-refractivity contribution in [3.63, 3.8) is 0 Å². The highest BCUT2D eigenvalue weighted by Crippen LogP contribution is 2.12. The number of nitrogens with zero attached hydrogens (tertiary/aromatic N) is 3. The van der Waals surface area contributed by atoms with Crippen LogP contribution in [0.15, 0.2) is 60.8 Å². The molecular formula is C17H16N4O2. The molecule has 0 radical (unpaired) electrons. The SMILES string of the molecule is COc1cccc(CNC(=O)c2cnn(-c3ccccc3)n2)c1. The van der Waals surface area contributed by atoms with E-state index < -0.39 is 0 Å². The number of amides is 1. The monoisotopic (exact) mass is 308 g/mol. The lowest BCUT2D eigenvalue weighted by molar-refractivity contribution is 0.0945. The highest BCUT2D eigenvalue weighted by molar-refractivity contribution is 5.91.